The fourth-order valence-electron chi connectivity index (χ4n) is 2.20. The third-order valence-corrected chi connectivity index (χ3v) is 3.07. The number of hydrogen-bond acceptors (Lipinski definition) is 3. The number of imidazole rings is 1. The van der Waals surface area contributed by atoms with Crippen LogP contribution in [-0.2, 0) is 19.5 Å². The Kier molecular flexibility index (Phi) is 4.14. The smallest absolute Gasteiger partial charge is 0.188 e. The molecule has 0 spiro atoms. The van der Waals surface area contributed by atoms with E-state index in [-0.39, 0.29) is 5.78 Å². The number of carbonyl (C=O) groups is 1. The van der Waals surface area contributed by atoms with Crippen molar-refractivity contribution in [3.8, 4) is 0 Å². The molecule has 0 saturated heterocycles. The first-order chi connectivity index (χ1) is 9.15. The predicted octanol–water partition coefficient (Wildman–Crippen LogP) is 2.24. The van der Waals surface area contributed by atoms with Gasteiger partial charge in [0.2, 0.25) is 0 Å². The molecule has 0 aliphatic heterocycles. The summed E-state index contributed by atoms with van der Waals surface area (Å²) in [6.45, 7) is 7.61. The van der Waals surface area contributed by atoms with Gasteiger partial charge in [-0.1, -0.05) is 6.92 Å². The van der Waals surface area contributed by atoms with Gasteiger partial charge in [0.1, 0.15) is 11.5 Å². The van der Waals surface area contributed by atoms with Crippen LogP contribution in [0.2, 0.25) is 0 Å². The van der Waals surface area contributed by atoms with Gasteiger partial charge in [-0.3, -0.25) is 9.48 Å². The van der Waals surface area contributed by atoms with Crippen LogP contribution in [0.4, 0.5) is 0 Å². The lowest BCUT2D eigenvalue weighted by Crippen LogP contribution is -2.14. The first-order valence-electron chi connectivity index (χ1n) is 6.73. The molecule has 0 amide bonds. The second-order valence-electron chi connectivity index (χ2n) is 4.62. The number of Topliss-reactive ketones (excluding diaryl/α,β-unsaturated/α-hetero) is 1. The molecule has 5 heteroatoms. The molecular formula is C14H20N4O. The Bertz CT molecular complexity index is 568. The Labute approximate surface area is 113 Å². The van der Waals surface area contributed by atoms with Crippen LogP contribution in [0.1, 0.15) is 42.3 Å². The monoisotopic (exact) mass is 260 g/mol. The van der Waals surface area contributed by atoms with E-state index in [4.69, 9.17) is 0 Å². The highest BCUT2D eigenvalue weighted by atomic mass is 16.1. The van der Waals surface area contributed by atoms with Crippen molar-refractivity contribution in [2.75, 3.05) is 0 Å². The Morgan fingerprint density at radius 3 is 2.84 bits per heavy atom. The van der Waals surface area contributed by atoms with Crippen molar-refractivity contribution in [3.63, 3.8) is 0 Å². The molecule has 102 valence electrons. The van der Waals surface area contributed by atoms with Gasteiger partial charge in [0.25, 0.3) is 0 Å². The summed E-state index contributed by atoms with van der Waals surface area (Å²) in [5.41, 5.74) is 1.55. The van der Waals surface area contributed by atoms with Gasteiger partial charge in [0.05, 0.1) is 12.1 Å². The zero-order valence-corrected chi connectivity index (χ0v) is 11.8. The minimum absolute atomic E-state index is 0.0750. The summed E-state index contributed by atoms with van der Waals surface area (Å²) >= 11 is 0. The van der Waals surface area contributed by atoms with Crippen LogP contribution in [-0.4, -0.2) is 25.1 Å². The van der Waals surface area contributed by atoms with Crippen LogP contribution in [0, 0.1) is 6.92 Å². The zero-order chi connectivity index (χ0) is 13.8. The van der Waals surface area contributed by atoms with E-state index >= 15 is 0 Å². The normalized spacial score (nSPS) is 10.9. The number of aryl methyl sites for hydroxylation is 3. The molecule has 2 rings (SSSR count). The third kappa shape index (κ3) is 2.92. The first kappa shape index (κ1) is 13.5. The maximum atomic E-state index is 12.3. The number of rotatable bonds is 6. The molecule has 0 aliphatic rings. The van der Waals surface area contributed by atoms with Gasteiger partial charge >= 0.3 is 0 Å². The number of nitrogens with zero attached hydrogens (tertiary/aromatic N) is 4. The average Bonchev–Trinajstić information content (AvgIpc) is 2.97. The van der Waals surface area contributed by atoms with Gasteiger partial charge in [-0.2, -0.15) is 5.10 Å². The lowest BCUT2D eigenvalue weighted by atomic mass is 10.2. The topological polar surface area (TPSA) is 52.7 Å². The molecule has 0 saturated carbocycles. The molecule has 0 unspecified atom stereocenters. The quantitative estimate of drug-likeness (QED) is 0.748. The standard InChI is InChI=1S/C14H20N4O/c1-4-7-17-8-6-15-14(17)10-13(19)12-9-11(3)16-18(12)5-2/h6,8-9H,4-5,7,10H2,1-3H3. The third-order valence-electron chi connectivity index (χ3n) is 3.07. The van der Waals surface area contributed by atoms with Crippen molar-refractivity contribution in [2.45, 2.75) is 46.7 Å². The first-order valence-corrected chi connectivity index (χ1v) is 6.73. The summed E-state index contributed by atoms with van der Waals surface area (Å²) in [6, 6.07) is 1.85. The second kappa shape index (κ2) is 5.82. The second-order valence-corrected chi connectivity index (χ2v) is 4.62. The summed E-state index contributed by atoms with van der Waals surface area (Å²) in [5.74, 6) is 0.902. The Hall–Kier alpha value is -1.91. The van der Waals surface area contributed by atoms with Gasteiger partial charge in [0.15, 0.2) is 5.78 Å². The van der Waals surface area contributed by atoms with E-state index in [0.29, 0.717) is 18.7 Å². The minimum Gasteiger partial charge on any atom is -0.335 e. The Balaban J connectivity index is 2.18. The molecule has 2 aromatic rings. The highest BCUT2D eigenvalue weighted by molar-refractivity contribution is 5.95. The van der Waals surface area contributed by atoms with E-state index in [1.54, 1.807) is 10.9 Å². The molecule has 19 heavy (non-hydrogen) atoms. The fraction of sp³-hybridized carbons (Fsp3) is 0.500. The van der Waals surface area contributed by atoms with Crippen LogP contribution < -0.4 is 0 Å². The summed E-state index contributed by atoms with van der Waals surface area (Å²) in [6.07, 6.45) is 5.04. The maximum Gasteiger partial charge on any atom is 0.188 e. The average molecular weight is 260 g/mol. The highest BCUT2D eigenvalue weighted by Crippen LogP contribution is 2.09. The molecule has 0 aromatic carbocycles. The number of ketones is 1. The minimum atomic E-state index is 0.0750. The summed E-state index contributed by atoms with van der Waals surface area (Å²) in [5, 5.41) is 4.31. The van der Waals surface area contributed by atoms with Crippen molar-refractivity contribution in [3.05, 3.63) is 35.7 Å². The van der Waals surface area contributed by atoms with Crippen molar-refractivity contribution < 1.29 is 4.79 Å². The molecule has 2 heterocycles. The van der Waals surface area contributed by atoms with E-state index in [1.807, 2.05) is 30.7 Å². The predicted molar refractivity (Wildman–Crippen MR) is 73.2 cm³/mol. The van der Waals surface area contributed by atoms with E-state index in [1.165, 1.54) is 0 Å². The van der Waals surface area contributed by atoms with Gasteiger partial charge in [-0.25, -0.2) is 4.98 Å². The zero-order valence-electron chi connectivity index (χ0n) is 11.8. The van der Waals surface area contributed by atoms with E-state index in [2.05, 4.69) is 17.0 Å². The molecule has 0 atom stereocenters. The van der Waals surface area contributed by atoms with Crippen molar-refractivity contribution in [1.29, 1.82) is 0 Å². The van der Waals surface area contributed by atoms with Crippen LogP contribution in [0.3, 0.4) is 0 Å². The fourth-order valence-corrected chi connectivity index (χ4v) is 2.20. The summed E-state index contributed by atoms with van der Waals surface area (Å²) < 4.78 is 3.79. The van der Waals surface area contributed by atoms with Gasteiger partial charge in [0, 0.05) is 25.5 Å². The highest BCUT2D eigenvalue weighted by Gasteiger charge is 2.16. The lowest BCUT2D eigenvalue weighted by molar-refractivity contribution is 0.0979. The van der Waals surface area contributed by atoms with Crippen molar-refractivity contribution in [1.82, 2.24) is 19.3 Å². The molecule has 0 N–H and O–H groups in total. The van der Waals surface area contributed by atoms with E-state index < -0.39 is 0 Å². The maximum absolute atomic E-state index is 12.3. The van der Waals surface area contributed by atoms with Gasteiger partial charge in [-0.05, 0) is 26.3 Å². The molecular weight excluding hydrogens is 240 g/mol. The van der Waals surface area contributed by atoms with Crippen LogP contribution >= 0.6 is 0 Å². The van der Waals surface area contributed by atoms with Gasteiger partial charge in [-0.15, -0.1) is 0 Å². The number of aromatic nitrogens is 4. The van der Waals surface area contributed by atoms with Crippen LogP contribution in [0.25, 0.3) is 0 Å². The van der Waals surface area contributed by atoms with E-state index in [0.717, 1.165) is 24.5 Å². The summed E-state index contributed by atoms with van der Waals surface area (Å²) in [4.78, 5) is 16.6. The molecule has 2 aromatic heterocycles. The molecule has 0 fully saturated rings. The largest absolute Gasteiger partial charge is 0.335 e. The molecule has 0 bridgehead atoms. The molecule has 0 radical (unpaired) electrons. The molecule has 5 nitrogen and oxygen atoms in total. The van der Waals surface area contributed by atoms with E-state index in [9.17, 15) is 4.79 Å². The Morgan fingerprint density at radius 1 is 1.37 bits per heavy atom. The number of carbonyl (C=O) groups excluding carboxylic acids is 1. The number of hydrogen-bond donors (Lipinski definition) is 0. The SMILES string of the molecule is CCCn1ccnc1CC(=O)c1cc(C)nn1CC. The van der Waals surface area contributed by atoms with Gasteiger partial charge < -0.3 is 4.57 Å². The van der Waals surface area contributed by atoms with Crippen molar-refractivity contribution in [2.24, 2.45) is 0 Å². The van der Waals surface area contributed by atoms with Crippen LogP contribution in [0.5, 0.6) is 0 Å². The molecule has 0 aliphatic carbocycles. The van der Waals surface area contributed by atoms with Crippen LogP contribution in [0.15, 0.2) is 18.5 Å². The Morgan fingerprint density at radius 2 is 2.16 bits per heavy atom. The lowest BCUT2D eigenvalue weighted by Gasteiger charge is -2.06. The summed E-state index contributed by atoms with van der Waals surface area (Å²) in [7, 11) is 0. The van der Waals surface area contributed by atoms with Crippen molar-refractivity contribution >= 4 is 5.78 Å².